The van der Waals surface area contributed by atoms with E-state index in [1.165, 1.54) is 0 Å². The number of aromatic nitrogens is 1. The van der Waals surface area contributed by atoms with E-state index in [-0.39, 0.29) is 18.9 Å². The molecule has 2 rings (SSSR count). The van der Waals surface area contributed by atoms with Crippen LogP contribution >= 0.6 is 0 Å². The Hall–Kier alpha value is -1.30. The van der Waals surface area contributed by atoms with Crippen molar-refractivity contribution in [3.8, 4) is 0 Å². The van der Waals surface area contributed by atoms with Crippen LogP contribution in [0, 0.1) is 5.92 Å². The average Bonchev–Trinajstić information content (AvgIpc) is 2.38. The quantitative estimate of drug-likeness (QED) is 0.901. The first kappa shape index (κ1) is 14.1. The Morgan fingerprint density at radius 2 is 1.95 bits per heavy atom. The second-order valence-electron chi connectivity index (χ2n) is 5.04. The van der Waals surface area contributed by atoms with Crippen LogP contribution in [0.15, 0.2) is 18.3 Å². The molecule has 1 saturated heterocycles. The molecule has 0 spiro atoms. The first-order chi connectivity index (χ1) is 8.88. The topological polar surface area (TPSA) is 42.1 Å². The molecule has 1 fully saturated rings. The largest absolute Gasteiger partial charge is 0.391 e. The Labute approximate surface area is 110 Å². The van der Waals surface area contributed by atoms with E-state index >= 15 is 0 Å². The van der Waals surface area contributed by atoms with E-state index < -0.39 is 12.1 Å². The van der Waals surface area contributed by atoms with Crippen molar-refractivity contribution in [3.63, 3.8) is 0 Å². The van der Waals surface area contributed by atoms with Gasteiger partial charge in [-0.3, -0.25) is 0 Å². The number of anilines is 1. The highest BCUT2D eigenvalue weighted by molar-refractivity contribution is 5.40. The molecular weight excluding hydrogens is 255 g/mol. The van der Waals surface area contributed by atoms with E-state index in [2.05, 4.69) is 4.98 Å². The van der Waals surface area contributed by atoms with Gasteiger partial charge in [0.1, 0.15) is 5.82 Å². The standard InChI is InChI=1S/C13H18F3N3/c1-9(17)10-2-3-12(18-8-10)19-6-4-11(5-7-19)13(14,15)16/h2-3,8-9,11H,4-7,17H2,1H3/t9-/m1/s1. The Morgan fingerprint density at radius 3 is 2.37 bits per heavy atom. The first-order valence-electron chi connectivity index (χ1n) is 6.41. The van der Waals surface area contributed by atoms with Crippen LogP contribution in [0.4, 0.5) is 19.0 Å². The van der Waals surface area contributed by atoms with Crippen molar-refractivity contribution in [2.24, 2.45) is 11.7 Å². The molecule has 0 unspecified atom stereocenters. The summed E-state index contributed by atoms with van der Waals surface area (Å²) in [4.78, 5) is 6.17. The molecule has 3 nitrogen and oxygen atoms in total. The number of halogens is 3. The van der Waals surface area contributed by atoms with Gasteiger partial charge < -0.3 is 10.6 Å². The lowest BCUT2D eigenvalue weighted by atomic mass is 9.96. The van der Waals surface area contributed by atoms with Crippen molar-refractivity contribution in [1.82, 2.24) is 4.98 Å². The Balaban J connectivity index is 1.98. The van der Waals surface area contributed by atoms with E-state index in [9.17, 15) is 13.2 Å². The Morgan fingerprint density at radius 1 is 1.32 bits per heavy atom. The summed E-state index contributed by atoms with van der Waals surface area (Å²) in [7, 11) is 0. The van der Waals surface area contributed by atoms with Gasteiger partial charge in [-0.2, -0.15) is 13.2 Å². The first-order valence-corrected chi connectivity index (χ1v) is 6.41. The lowest BCUT2D eigenvalue weighted by molar-refractivity contribution is -0.179. The summed E-state index contributed by atoms with van der Waals surface area (Å²) in [6.45, 7) is 2.66. The number of pyridine rings is 1. The molecule has 0 aliphatic carbocycles. The van der Waals surface area contributed by atoms with Crippen LogP contribution < -0.4 is 10.6 Å². The number of alkyl halides is 3. The fourth-order valence-corrected chi connectivity index (χ4v) is 2.29. The van der Waals surface area contributed by atoms with E-state index in [1.807, 2.05) is 24.0 Å². The van der Waals surface area contributed by atoms with Crippen molar-refractivity contribution in [2.75, 3.05) is 18.0 Å². The Bertz CT molecular complexity index is 406. The highest BCUT2D eigenvalue weighted by atomic mass is 19.4. The SMILES string of the molecule is C[C@@H](N)c1ccc(N2CCC(C(F)(F)F)CC2)nc1. The number of hydrogen-bond acceptors (Lipinski definition) is 3. The van der Waals surface area contributed by atoms with Crippen LogP contribution in [0.2, 0.25) is 0 Å². The van der Waals surface area contributed by atoms with E-state index in [0.29, 0.717) is 13.1 Å². The average molecular weight is 273 g/mol. The fraction of sp³-hybridized carbons (Fsp3) is 0.615. The maximum absolute atomic E-state index is 12.6. The van der Waals surface area contributed by atoms with Gasteiger partial charge in [-0.1, -0.05) is 6.07 Å². The summed E-state index contributed by atoms with van der Waals surface area (Å²) < 4.78 is 37.7. The molecular formula is C13H18F3N3. The minimum absolute atomic E-state index is 0.0856. The maximum atomic E-state index is 12.6. The van der Waals surface area contributed by atoms with Crippen LogP contribution in [0.5, 0.6) is 0 Å². The summed E-state index contributed by atoms with van der Waals surface area (Å²) in [6.07, 6.45) is -2.10. The van der Waals surface area contributed by atoms with E-state index in [0.717, 1.165) is 11.4 Å². The summed E-state index contributed by atoms with van der Waals surface area (Å²) in [5, 5.41) is 0. The lowest BCUT2D eigenvalue weighted by Crippen LogP contribution is -2.39. The number of hydrogen-bond donors (Lipinski definition) is 1. The van der Waals surface area contributed by atoms with Crippen molar-refractivity contribution in [1.29, 1.82) is 0 Å². The molecule has 1 aliphatic heterocycles. The minimum Gasteiger partial charge on any atom is -0.357 e. The van der Waals surface area contributed by atoms with Gasteiger partial charge in [0, 0.05) is 25.3 Å². The molecule has 106 valence electrons. The smallest absolute Gasteiger partial charge is 0.357 e. The van der Waals surface area contributed by atoms with Crippen LogP contribution in [0.1, 0.15) is 31.4 Å². The zero-order chi connectivity index (χ0) is 14.0. The summed E-state index contributed by atoms with van der Waals surface area (Å²) >= 11 is 0. The molecule has 19 heavy (non-hydrogen) atoms. The monoisotopic (exact) mass is 273 g/mol. The van der Waals surface area contributed by atoms with Gasteiger partial charge in [0.2, 0.25) is 0 Å². The van der Waals surface area contributed by atoms with Crippen molar-refractivity contribution in [3.05, 3.63) is 23.9 Å². The van der Waals surface area contributed by atoms with Crippen molar-refractivity contribution in [2.45, 2.75) is 32.0 Å². The highest BCUT2D eigenvalue weighted by Crippen LogP contribution is 2.35. The molecule has 0 saturated carbocycles. The molecule has 0 bridgehead atoms. The predicted molar refractivity (Wildman–Crippen MR) is 67.8 cm³/mol. The van der Waals surface area contributed by atoms with Gasteiger partial charge >= 0.3 is 6.18 Å². The molecule has 1 aliphatic rings. The molecule has 2 heterocycles. The van der Waals surface area contributed by atoms with Crippen LogP contribution in [-0.2, 0) is 0 Å². The summed E-state index contributed by atoms with van der Waals surface area (Å²) in [6, 6.07) is 3.62. The fourth-order valence-electron chi connectivity index (χ4n) is 2.29. The van der Waals surface area contributed by atoms with Crippen LogP contribution in [0.25, 0.3) is 0 Å². The van der Waals surface area contributed by atoms with E-state index in [4.69, 9.17) is 5.73 Å². The highest BCUT2D eigenvalue weighted by Gasteiger charge is 2.41. The van der Waals surface area contributed by atoms with Crippen LogP contribution in [-0.4, -0.2) is 24.2 Å². The second kappa shape index (κ2) is 5.36. The normalized spacial score (nSPS) is 19.5. The molecule has 1 aromatic heterocycles. The zero-order valence-electron chi connectivity index (χ0n) is 10.8. The molecule has 0 aromatic carbocycles. The van der Waals surface area contributed by atoms with Crippen molar-refractivity contribution >= 4 is 5.82 Å². The molecule has 1 atom stereocenters. The zero-order valence-corrected chi connectivity index (χ0v) is 10.8. The van der Waals surface area contributed by atoms with Gasteiger partial charge in [0.15, 0.2) is 0 Å². The summed E-state index contributed by atoms with van der Waals surface area (Å²) in [5.41, 5.74) is 6.65. The lowest BCUT2D eigenvalue weighted by Gasteiger charge is -2.33. The van der Waals surface area contributed by atoms with Gasteiger partial charge in [-0.25, -0.2) is 4.98 Å². The van der Waals surface area contributed by atoms with Gasteiger partial charge in [0.05, 0.1) is 5.92 Å². The van der Waals surface area contributed by atoms with E-state index in [1.54, 1.807) is 6.20 Å². The molecule has 0 radical (unpaired) electrons. The van der Waals surface area contributed by atoms with Crippen molar-refractivity contribution < 1.29 is 13.2 Å². The predicted octanol–water partition coefficient (Wildman–Crippen LogP) is 2.88. The number of piperidine rings is 1. The number of nitrogens with two attached hydrogens (primary N) is 1. The molecule has 0 amide bonds. The number of nitrogens with zero attached hydrogens (tertiary/aromatic N) is 2. The summed E-state index contributed by atoms with van der Waals surface area (Å²) in [5.74, 6) is -0.447. The third-order valence-corrected chi connectivity index (χ3v) is 3.58. The third-order valence-electron chi connectivity index (χ3n) is 3.58. The van der Waals surface area contributed by atoms with Gasteiger partial charge in [0.25, 0.3) is 0 Å². The number of rotatable bonds is 2. The molecule has 2 N–H and O–H groups in total. The maximum Gasteiger partial charge on any atom is 0.391 e. The van der Waals surface area contributed by atoms with Crippen LogP contribution in [0.3, 0.4) is 0 Å². The second-order valence-corrected chi connectivity index (χ2v) is 5.04. The van der Waals surface area contributed by atoms with Gasteiger partial charge in [-0.15, -0.1) is 0 Å². The van der Waals surface area contributed by atoms with Gasteiger partial charge in [-0.05, 0) is 31.4 Å². The molecule has 1 aromatic rings. The Kier molecular flexibility index (Phi) is 3.99. The minimum atomic E-state index is -4.07. The third kappa shape index (κ3) is 3.37. The molecule has 6 heteroatoms.